The highest BCUT2D eigenvalue weighted by molar-refractivity contribution is 5.98. The van der Waals surface area contributed by atoms with E-state index in [0.29, 0.717) is 24.8 Å². The summed E-state index contributed by atoms with van der Waals surface area (Å²) in [5, 5.41) is 33.5. The molecule has 1 rings (SSSR count). The van der Waals surface area contributed by atoms with Gasteiger partial charge in [-0.2, -0.15) is 0 Å². The first-order valence-corrected chi connectivity index (χ1v) is 9.80. The molecule has 1 heterocycles. The zero-order valence-corrected chi connectivity index (χ0v) is 17.5. The van der Waals surface area contributed by atoms with Crippen molar-refractivity contribution in [2.24, 2.45) is 0 Å². The number of aliphatic hydroxyl groups excluding tert-OH is 2. The van der Waals surface area contributed by atoms with Gasteiger partial charge in [0.15, 0.2) is 11.4 Å². The SMILES string of the molecule is C=C(C)C[C@H](NC(=O)[C@H](CO)NC(=O)CCCCC(C)(C)O)C(=O)C1(CO)CO1. The molecule has 166 valence electrons. The fourth-order valence-corrected chi connectivity index (χ4v) is 2.85. The van der Waals surface area contributed by atoms with Gasteiger partial charge < -0.3 is 30.7 Å². The highest BCUT2D eigenvalue weighted by Crippen LogP contribution is 2.29. The lowest BCUT2D eigenvalue weighted by atomic mass is 9.94. The minimum Gasteiger partial charge on any atom is -0.394 e. The molecule has 3 atom stereocenters. The Kier molecular flexibility index (Phi) is 9.41. The van der Waals surface area contributed by atoms with Gasteiger partial charge in [-0.05, 0) is 40.0 Å². The minimum atomic E-state index is -1.30. The Morgan fingerprint density at radius 1 is 1.17 bits per heavy atom. The fourth-order valence-electron chi connectivity index (χ4n) is 2.85. The van der Waals surface area contributed by atoms with Crippen LogP contribution >= 0.6 is 0 Å². The summed E-state index contributed by atoms with van der Waals surface area (Å²) in [6, 6.07) is -2.19. The number of aliphatic hydroxyl groups is 3. The van der Waals surface area contributed by atoms with Gasteiger partial charge in [-0.15, -0.1) is 6.58 Å². The molecule has 0 aromatic heterocycles. The second-order valence-electron chi connectivity index (χ2n) is 8.35. The third-order valence-electron chi connectivity index (χ3n) is 4.66. The van der Waals surface area contributed by atoms with Crippen LogP contribution in [0, 0.1) is 0 Å². The van der Waals surface area contributed by atoms with Crippen LogP contribution in [-0.4, -0.2) is 76.0 Å². The average molecular weight is 414 g/mol. The molecule has 0 aromatic carbocycles. The number of ether oxygens (including phenoxy) is 1. The standard InChI is InChI=1S/C20H34N2O7/c1-13(2)9-14(17(26)20(11-24)12-29-20)22-18(27)15(10-23)21-16(25)7-5-6-8-19(3,4)28/h14-15,23-24,28H,1,5-12H2,2-4H3,(H,21,25)(H,22,27)/t14-,15-,20?/m0/s1. The quantitative estimate of drug-likeness (QED) is 0.147. The molecular weight excluding hydrogens is 380 g/mol. The van der Waals surface area contributed by atoms with Gasteiger partial charge in [0.1, 0.15) is 6.04 Å². The zero-order valence-electron chi connectivity index (χ0n) is 17.5. The molecule has 1 aliphatic heterocycles. The number of amides is 2. The molecule has 0 spiro atoms. The van der Waals surface area contributed by atoms with Crippen molar-refractivity contribution in [3.63, 3.8) is 0 Å². The molecule has 0 aliphatic carbocycles. The first-order chi connectivity index (χ1) is 13.4. The largest absolute Gasteiger partial charge is 0.394 e. The molecule has 1 aliphatic rings. The van der Waals surface area contributed by atoms with Gasteiger partial charge in [-0.25, -0.2) is 0 Å². The normalized spacial score (nSPS) is 20.5. The molecule has 0 aromatic rings. The van der Waals surface area contributed by atoms with Crippen molar-refractivity contribution in [3.8, 4) is 0 Å². The van der Waals surface area contributed by atoms with Crippen LogP contribution in [0.4, 0.5) is 0 Å². The molecule has 1 saturated heterocycles. The number of unbranched alkanes of at least 4 members (excludes halogenated alkanes) is 1. The number of hydrogen-bond donors (Lipinski definition) is 5. The molecule has 0 radical (unpaired) electrons. The molecule has 5 N–H and O–H groups in total. The molecular formula is C20H34N2O7. The number of rotatable bonds is 14. The highest BCUT2D eigenvalue weighted by Gasteiger charge is 2.54. The Morgan fingerprint density at radius 2 is 1.79 bits per heavy atom. The van der Waals surface area contributed by atoms with Crippen molar-refractivity contribution in [3.05, 3.63) is 12.2 Å². The van der Waals surface area contributed by atoms with Crippen LogP contribution in [0.2, 0.25) is 0 Å². The Labute approximate surface area is 171 Å². The van der Waals surface area contributed by atoms with Gasteiger partial charge in [-0.1, -0.05) is 12.0 Å². The Morgan fingerprint density at radius 3 is 2.24 bits per heavy atom. The monoisotopic (exact) mass is 414 g/mol. The summed E-state index contributed by atoms with van der Waals surface area (Å²) in [6.07, 6.45) is 2.02. The summed E-state index contributed by atoms with van der Waals surface area (Å²) in [7, 11) is 0. The Balaban J connectivity index is 2.61. The van der Waals surface area contributed by atoms with Crippen LogP contribution in [0.15, 0.2) is 12.2 Å². The second-order valence-corrected chi connectivity index (χ2v) is 8.35. The van der Waals surface area contributed by atoms with E-state index in [9.17, 15) is 29.7 Å². The highest BCUT2D eigenvalue weighted by atomic mass is 16.6. The summed E-state index contributed by atoms with van der Waals surface area (Å²) < 4.78 is 5.06. The molecule has 9 heteroatoms. The minimum absolute atomic E-state index is 0.0791. The van der Waals surface area contributed by atoms with Crippen LogP contribution < -0.4 is 10.6 Å². The maximum atomic E-state index is 12.6. The van der Waals surface area contributed by atoms with Crippen LogP contribution in [0.1, 0.15) is 52.9 Å². The molecule has 9 nitrogen and oxygen atoms in total. The molecule has 0 saturated carbocycles. The average Bonchev–Trinajstić information content (AvgIpc) is 3.42. The van der Waals surface area contributed by atoms with E-state index in [1.54, 1.807) is 20.8 Å². The summed E-state index contributed by atoms with van der Waals surface area (Å²) in [4.78, 5) is 37.2. The summed E-state index contributed by atoms with van der Waals surface area (Å²) in [5.41, 5.74) is -1.45. The van der Waals surface area contributed by atoms with E-state index in [1.807, 2.05) is 0 Å². The van der Waals surface area contributed by atoms with Crippen molar-refractivity contribution in [2.75, 3.05) is 19.8 Å². The fraction of sp³-hybridized carbons (Fsp3) is 0.750. The maximum absolute atomic E-state index is 12.6. The second kappa shape index (κ2) is 10.8. The van der Waals surface area contributed by atoms with E-state index in [0.717, 1.165) is 0 Å². The van der Waals surface area contributed by atoms with Crippen molar-refractivity contribution in [1.82, 2.24) is 10.6 Å². The van der Waals surface area contributed by atoms with Crippen molar-refractivity contribution < 1.29 is 34.4 Å². The lowest BCUT2D eigenvalue weighted by molar-refractivity contribution is -0.134. The number of Topliss-reactive ketones (excluding diaryl/α,β-unsaturated/α-hetero) is 1. The first-order valence-electron chi connectivity index (χ1n) is 9.80. The molecule has 0 bridgehead atoms. The van der Waals surface area contributed by atoms with E-state index in [1.165, 1.54) is 0 Å². The smallest absolute Gasteiger partial charge is 0.245 e. The predicted molar refractivity (Wildman–Crippen MR) is 106 cm³/mol. The van der Waals surface area contributed by atoms with Crippen LogP contribution in [0.25, 0.3) is 0 Å². The summed E-state index contributed by atoms with van der Waals surface area (Å²) in [5.74, 6) is -1.58. The van der Waals surface area contributed by atoms with E-state index in [-0.39, 0.29) is 19.4 Å². The van der Waals surface area contributed by atoms with Crippen molar-refractivity contribution in [1.29, 1.82) is 0 Å². The van der Waals surface area contributed by atoms with Gasteiger partial charge in [0, 0.05) is 6.42 Å². The lowest BCUT2D eigenvalue weighted by Gasteiger charge is -2.23. The van der Waals surface area contributed by atoms with Crippen molar-refractivity contribution in [2.45, 2.75) is 76.2 Å². The number of nitrogens with one attached hydrogen (secondary N) is 2. The van der Waals surface area contributed by atoms with Crippen LogP contribution in [-0.2, 0) is 19.1 Å². The number of carbonyl (C=O) groups is 3. The Bertz CT molecular complexity index is 608. The van der Waals surface area contributed by atoms with Gasteiger partial charge in [0.25, 0.3) is 0 Å². The predicted octanol–water partition coefficient (Wildman–Crippen LogP) is -0.424. The van der Waals surface area contributed by atoms with Crippen LogP contribution in [0.5, 0.6) is 0 Å². The van der Waals surface area contributed by atoms with Crippen molar-refractivity contribution >= 4 is 17.6 Å². The topological polar surface area (TPSA) is 148 Å². The third-order valence-corrected chi connectivity index (χ3v) is 4.66. The molecule has 29 heavy (non-hydrogen) atoms. The van der Waals surface area contributed by atoms with Gasteiger partial charge in [0.2, 0.25) is 11.8 Å². The van der Waals surface area contributed by atoms with E-state index >= 15 is 0 Å². The molecule has 1 fully saturated rings. The Hall–Kier alpha value is -1.81. The lowest BCUT2D eigenvalue weighted by Crippen LogP contribution is -2.55. The summed E-state index contributed by atoms with van der Waals surface area (Å²) in [6.45, 7) is 7.78. The van der Waals surface area contributed by atoms with E-state index in [2.05, 4.69) is 17.2 Å². The zero-order chi connectivity index (χ0) is 22.2. The number of hydrogen-bond acceptors (Lipinski definition) is 7. The van der Waals surface area contributed by atoms with Gasteiger partial charge in [-0.3, -0.25) is 14.4 Å². The number of epoxide rings is 1. The van der Waals surface area contributed by atoms with Gasteiger partial charge >= 0.3 is 0 Å². The molecule has 1 unspecified atom stereocenters. The van der Waals surface area contributed by atoms with E-state index in [4.69, 9.17) is 4.74 Å². The van der Waals surface area contributed by atoms with Crippen LogP contribution in [0.3, 0.4) is 0 Å². The summed E-state index contributed by atoms with van der Waals surface area (Å²) >= 11 is 0. The number of carbonyl (C=O) groups excluding carboxylic acids is 3. The third kappa shape index (κ3) is 8.61. The van der Waals surface area contributed by atoms with Gasteiger partial charge in [0.05, 0.1) is 31.5 Å². The van der Waals surface area contributed by atoms with E-state index < -0.39 is 54.1 Å². The number of ketones is 1. The molecule has 2 amide bonds. The maximum Gasteiger partial charge on any atom is 0.245 e. The first kappa shape index (κ1) is 25.2.